The Morgan fingerprint density at radius 1 is 0.794 bits per heavy atom. The average molecular weight is 469 g/mol. The van der Waals surface area contributed by atoms with Gasteiger partial charge in [0.2, 0.25) is 0 Å². The monoisotopic (exact) mass is 468 g/mol. The molecule has 0 amide bonds. The smallest absolute Gasteiger partial charge is 0.109 e. The maximum Gasteiger partial charge on any atom is 0.109 e. The van der Waals surface area contributed by atoms with Gasteiger partial charge in [0.15, 0.2) is 0 Å². The first-order valence-corrected chi connectivity index (χ1v) is 15.1. The topological polar surface area (TPSA) is 17.8 Å². The SMILES string of the molecule is CCCCCCCCCCCCCCC(C)n1ccnc1CC1(CCCCCC)C=CC=CC1. The fourth-order valence-electron chi connectivity index (χ4n) is 5.63. The van der Waals surface area contributed by atoms with Crippen LogP contribution in [0.2, 0.25) is 0 Å². The first-order chi connectivity index (χ1) is 16.7. The number of nitrogens with zero attached hydrogens (tertiary/aromatic N) is 2. The van der Waals surface area contributed by atoms with Gasteiger partial charge in [-0.2, -0.15) is 0 Å². The minimum atomic E-state index is 0.265. The van der Waals surface area contributed by atoms with Crippen LogP contribution in [0.1, 0.15) is 155 Å². The summed E-state index contributed by atoms with van der Waals surface area (Å²) < 4.78 is 2.48. The van der Waals surface area contributed by atoms with Crippen LogP contribution in [-0.2, 0) is 6.42 Å². The van der Waals surface area contributed by atoms with Crippen molar-refractivity contribution in [3.05, 3.63) is 42.5 Å². The number of rotatable bonds is 21. The van der Waals surface area contributed by atoms with E-state index < -0.39 is 0 Å². The van der Waals surface area contributed by atoms with Gasteiger partial charge in [-0.05, 0) is 31.6 Å². The van der Waals surface area contributed by atoms with E-state index in [-0.39, 0.29) is 5.41 Å². The Kier molecular flexibility index (Phi) is 15.3. The minimum Gasteiger partial charge on any atom is -0.332 e. The molecule has 0 fully saturated rings. The minimum absolute atomic E-state index is 0.265. The van der Waals surface area contributed by atoms with Crippen molar-refractivity contribution in [2.75, 3.05) is 0 Å². The van der Waals surface area contributed by atoms with Crippen molar-refractivity contribution < 1.29 is 0 Å². The van der Waals surface area contributed by atoms with Crippen molar-refractivity contribution in [1.29, 1.82) is 0 Å². The zero-order valence-electron chi connectivity index (χ0n) is 23.1. The Labute approximate surface area is 212 Å². The van der Waals surface area contributed by atoms with Crippen LogP contribution in [0.25, 0.3) is 0 Å². The third-order valence-electron chi connectivity index (χ3n) is 7.96. The van der Waals surface area contributed by atoms with Crippen LogP contribution < -0.4 is 0 Å². The molecule has 2 unspecified atom stereocenters. The molecule has 0 radical (unpaired) electrons. The number of hydrogen-bond acceptors (Lipinski definition) is 1. The third-order valence-corrected chi connectivity index (χ3v) is 7.96. The fourth-order valence-corrected chi connectivity index (χ4v) is 5.63. The van der Waals surface area contributed by atoms with Crippen LogP contribution in [-0.4, -0.2) is 9.55 Å². The summed E-state index contributed by atoms with van der Waals surface area (Å²) in [5.74, 6) is 1.29. The molecule has 1 aliphatic rings. The maximum absolute atomic E-state index is 4.84. The molecule has 0 spiro atoms. The van der Waals surface area contributed by atoms with Crippen LogP contribution >= 0.6 is 0 Å². The first-order valence-electron chi connectivity index (χ1n) is 15.1. The largest absolute Gasteiger partial charge is 0.332 e. The maximum atomic E-state index is 4.84. The van der Waals surface area contributed by atoms with Gasteiger partial charge in [-0.1, -0.05) is 141 Å². The van der Waals surface area contributed by atoms with Crippen LogP contribution in [0, 0.1) is 5.41 Å². The van der Waals surface area contributed by atoms with Crippen LogP contribution in [0.5, 0.6) is 0 Å². The Balaban J connectivity index is 1.67. The van der Waals surface area contributed by atoms with Gasteiger partial charge in [-0.3, -0.25) is 0 Å². The molecule has 2 atom stereocenters. The fraction of sp³-hybridized carbons (Fsp3) is 0.781. The number of imidazole rings is 1. The number of aromatic nitrogens is 2. The summed E-state index contributed by atoms with van der Waals surface area (Å²) in [6.07, 6.45) is 40.8. The van der Waals surface area contributed by atoms with E-state index in [0.717, 1.165) is 12.8 Å². The lowest BCUT2D eigenvalue weighted by Gasteiger charge is -2.32. The highest BCUT2D eigenvalue weighted by Crippen LogP contribution is 2.37. The number of unbranched alkanes of at least 4 members (excludes halogenated alkanes) is 14. The molecular formula is C32H56N2. The lowest BCUT2D eigenvalue weighted by molar-refractivity contribution is 0.315. The van der Waals surface area contributed by atoms with Gasteiger partial charge < -0.3 is 4.57 Å². The Morgan fingerprint density at radius 3 is 1.97 bits per heavy atom. The van der Waals surface area contributed by atoms with Gasteiger partial charge in [0.05, 0.1) is 0 Å². The molecule has 0 saturated heterocycles. The van der Waals surface area contributed by atoms with E-state index in [1.54, 1.807) is 0 Å². The van der Waals surface area contributed by atoms with Crippen LogP contribution in [0.15, 0.2) is 36.7 Å². The van der Waals surface area contributed by atoms with E-state index >= 15 is 0 Å². The summed E-state index contributed by atoms with van der Waals surface area (Å²) in [6, 6.07) is 0.556. The zero-order valence-corrected chi connectivity index (χ0v) is 23.1. The Morgan fingerprint density at radius 2 is 1.38 bits per heavy atom. The zero-order chi connectivity index (χ0) is 24.3. The van der Waals surface area contributed by atoms with Gasteiger partial charge in [0.1, 0.15) is 5.82 Å². The number of allylic oxidation sites excluding steroid dienone is 4. The van der Waals surface area contributed by atoms with E-state index in [4.69, 9.17) is 4.98 Å². The second-order valence-electron chi connectivity index (χ2n) is 11.1. The van der Waals surface area contributed by atoms with Crippen molar-refractivity contribution in [3.63, 3.8) is 0 Å². The van der Waals surface area contributed by atoms with E-state index in [1.807, 2.05) is 6.20 Å². The summed E-state index contributed by atoms with van der Waals surface area (Å²) in [4.78, 5) is 4.84. The van der Waals surface area contributed by atoms with Gasteiger partial charge in [0, 0.05) is 24.9 Å². The van der Waals surface area contributed by atoms with Crippen molar-refractivity contribution in [1.82, 2.24) is 9.55 Å². The summed E-state index contributed by atoms with van der Waals surface area (Å²) in [7, 11) is 0. The highest BCUT2D eigenvalue weighted by molar-refractivity contribution is 5.19. The molecule has 0 N–H and O–H groups in total. The molecule has 1 heterocycles. The molecule has 194 valence electrons. The average Bonchev–Trinajstić information content (AvgIpc) is 3.31. The Hall–Kier alpha value is -1.31. The summed E-state index contributed by atoms with van der Waals surface area (Å²) in [5.41, 5.74) is 0.265. The molecule has 1 aromatic heterocycles. The molecule has 2 nitrogen and oxygen atoms in total. The molecule has 2 heteroatoms. The molecule has 1 aliphatic carbocycles. The van der Waals surface area contributed by atoms with Crippen LogP contribution in [0.3, 0.4) is 0 Å². The predicted octanol–water partition coefficient (Wildman–Crippen LogP) is 10.6. The molecule has 0 saturated carbocycles. The first kappa shape index (κ1) is 28.9. The molecule has 0 bridgehead atoms. The van der Waals surface area contributed by atoms with E-state index in [1.165, 1.54) is 121 Å². The van der Waals surface area contributed by atoms with Crippen molar-refractivity contribution in [2.24, 2.45) is 5.41 Å². The predicted molar refractivity (Wildman–Crippen MR) is 150 cm³/mol. The van der Waals surface area contributed by atoms with E-state index in [2.05, 4.69) is 55.8 Å². The van der Waals surface area contributed by atoms with E-state index in [0.29, 0.717) is 6.04 Å². The van der Waals surface area contributed by atoms with Gasteiger partial charge >= 0.3 is 0 Å². The van der Waals surface area contributed by atoms with Gasteiger partial charge in [-0.25, -0.2) is 4.98 Å². The van der Waals surface area contributed by atoms with Crippen LogP contribution in [0.4, 0.5) is 0 Å². The Bertz CT molecular complexity index is 670. The summed E-state index contributed by atoms with van der Waals surface area (Å²) in [6.45, 7) is 7.00. The molecule has 0 aliphatic heterocycles. The quantitative estimate of drug-likeness (QED) is 0.164. The molecule has 34 heavy (non-hydrogen) atoms. The van der Waals surface area contributed by atoms with E-state index in [9.17, 15) is 0 Å². The highest BCUT2D eigenvalue weighted by atomic mass is 15.1. The molecule has 2 rings (SSSR count). The van der Waals surface area contributed by atoms with Gasteiger partial charge in [0.25, 0.3) is 0 Å². The second kappa shape index (κ2) is 18.0. The molecular weight excluding hydrogens is 412 g/mol. The lowest BCUT2D eigenvalue weighted by Crippen LogP contribution is -2.25. The third kappa shape index (κ3) is 11.4. The van der Waals surface area contributed by atoms with Crippen molar-refractivity contribution in [2.45, 2.75) is 155 Å². The standard InChI is InChI=1S/C32H56N2/c1-4-6-8-10-11-12-13-14-15-16-17-19-23-30(3)34-28-27-33-31(34)29-32(24-20-9-7-5-2)25-21-18-22-26-32/h18,21-22,25,27-28,30H,4-17,19-20,23-24,26,29H2,1-3H3. The van der Waals surface area contributed by atoms with Gasteiger partial charge in [-0.15, -0.1) is 0 Å². The molecule has 0 aromatic carbocycles. The second-order valence-corrected chi connectivity index (χ2v) is 11.1. The molecule has 1 aromatic rings. The van der Waals surface area contributed by atoms with Crippen molar-refractivity contribution >= 4 is 0 Å². The lowest BCUT2D eigenvalue weighted by atomic mass is 9.74. The summed E-state index contributed by atoms with van der Waals surface area (Å²) >= 11 is 0. The normalized spacial score (nSPS) is 18.6. The van der Waals surface area contributed by atoms with Crippen molar-refractivity contribution in [3.8, 4) is 0 Å². The highest BCUT2D eigenvalue weighted by Gasteiger charge is 2.29. The summed E-state index contributed by atoms with van der Waals surface area (Å²) in [5, 5.41) is 0. The number of hydrogen-bond donors (Lipinski definition) is 0.